The van der Waals surface area contributed by atoms with Crippen LogP contribution in [0.25, 0.3) is 0 Å². The zero-order valence-electron chi connectivity index (χ0n) is 16.9. The summed E-state index contributed by atoms with van der Waals surface area (Å²) in [6.07, 6.45) is 1.06. The van der Waals surface area contributed by atoms with Crippen LogP contribution in [0.2, 0.25) is 0 Å². The number of fused-ring (bicyclic) bond motifs is 1. The molecule has 0 aliphatic heterocycles. The van der Waals surface area contributed by atoms with Gasteiger partial charge in [-0.05, 0) is 42.9 Å². The second-order valence-corrected chi connectivity index (χ2v) is 7.49. The molecule has 0 radical (unpaired) electrons. The predicted octanol–water partition coefficient (Wildman–Crippen LogP) is 3.76. The topological polar surface area (TPSA) is 78.9 Å². The summed E-state index contributed by atoms with van der Waals surface area (Å²) in [5, 5.41) is 12.6. The molecular formula is C23H28N2O4. The standard InChI is InChI=1S/C23H28N2O4/c1-16(29-15-17-9-4-3-5-10-17)21(25(2)23(27)28)22(26)24-20-14-8-12-18-11-6-7-13-19(18)20/h3-7,9-11,13,16,20-21H,8,12,14-15H2,1-2H3,(H,24,26)(H,27,28). The quantitative estimate of drug-likeness (QED) is 0.747. The number of amides is 2. The van der Waals surface area contributed by atoms with Crippen LogP contribution in [-0.2, 0) is 22.6 Å². The molecule has 3 atom stereocenters. The van der Waals surface area contributed by atoms with Crippen molar-refractivity contribution < 1.29 is 19.4 Å². The first-order chi connectivity index (χ1) is 14.0. The van der Waals surface area contributed by atoms with Crippen LogP contribution in [-0.4, -0.2) is 41.2 Å². The lowest BCUT2D eigenvalue weighted by molar-refractivity contribution is -0.132. The van der Waals surface area contributed by atoms with E-state index < -0.39 is 18.2 Å². The minimum Gasteiger partial charge on any atom is -0.465 e. The summed E-state index contributed by atoms with van der Waals surface area (Å²) in [5.74, 6) is -0.336. The molecular weight excluding hydrogens is 368 g/mol. The average molecular weight is 396 g/mol. The Labute approximate surface area is 171 Å². The Morgan fingerprint density at radius 1 is 1.17 bits per heavy atom. The summed E-state index contributed by atoms with van der Waals surface area (Å²) in [7, 11) is 1.41. The van der Waals surface area contributed by atoms with E-state index >= 15 is 0 Å². The maximum Gasteiger partial charge on any atom is 0.407 e. The highest BCUT2D eigenvalue weighted by molar-refractivity contribution is 5.86. The van der Waals surface area contributed by atoms with E-state index in [1.165, 1.54) is 12.6 Å². The van der Waals surface area contributed by atoms with E-state index in [4.69, 9.17) is 4.74 Å². The molecule has 154 valence electrons. The molecule has 0 saturated heterocycles. The monoisotopic (exact) mass is 396 g/mol. The lowest BCUT2D eigenvalue weighted by atomic mass is 9.87. The highest BCUT2D eigenvalue weighted by Gasteiger charge is 2.34. The van der Waals surface area contributed by atoms with E-state index in [1.54, 1.807) is 6.92 Å². The number of hydrogen-bond donors (Lipinski definition) is 2. The third kappa shape index (κ3) is 5.15. The molecule has 6 nitrogen and oxygen atoms in total. The number of carboxylic acid groups (broad SMARTS) is 1. The number of nitrogens with one attached hydrogen (secondary N) is 1. The molecule has 2 aromatic rings. The minimum atomic E-state index is -1.16. The number of carbonyl (C=O) groups is 2. The molecule has 0 heterocycles. The largest absolute Gasteiger partial charge is 0.465 e. The molecule has 6 heteroatoms. The number of benzene rings is 2. The van der Waals surface area contributed by atoms with Crippen LogP contribution in [0, 0.1) is 0 Å². The Balaban J connectivity index is 1.72. The molecule has 2 N–H and O–H groups in total. The highest BCUT2D eigenvalue weighted by atomic mass is 16.5. The highest BCUT2D eigenvalue weighted by Crippen LogP contribution is 2.29. The van der Waals surface area contributed by atoms with Crippen molar-refractivity contribution in [1.82, 2.24) is 10.2 Å². The first-order valence-corrected chi connectivity index (χ1v) is 9.97. The molecule has 0 aromatic heterocycles. The second kappa shape index (κ2) is 9.56. The number of nitrogens with zero attached hydrogens (tertiary/aromatic N) is 1. The fourth-order valence-corrected chi connectivity index (χ4v) is 3.88. The van der Waals surface area contributed by atoms with E-state index in [0.29, 0.717) is 6.61 Å². The van der Waals surface area contributed by atoms with Crippen molar-refractivity contribution in [3.05, 3.63) is 71.3 Å². The molecule has 0 spiro atoms. The number of rotatable bonds is 7. The summed E-state index contributed by atoms with van der Waals surface area (Å²) < 4.78 is 5.88. The van der Waals surface area contributed by atoms with Gasteiger partial charge in [0.25, 0.3) is 0 Å². The van der Waals surface area contributed by atoms with Crippen LogP contribution in [0.3, 0.4) is 0 Å². The summed E-state index contributed by atoms with van der Waals surface area (Å²) in [4.78, 5) is 25.8. The fourth-order valence-electron chi connectivity index (χ4n) is 3.88. The molecule has 0 saturated carbocycles. The summed E-state index contributed by atoms with van der Waals surface area (Å²) in [6, 6.07) is 16.6. The van der Waals surface area contributed by atoms with Crippen molar-refractivity contribution in [2.75, 3.05) is 7.05 Å². The van der Waals surface area contributed by atoms with Crippen molar-refractivity contribution >= 4 is 12.0 Å². The number of aryl methyl sites for hydroxylation is 1. The maximum atomic E-state index is 13.1. The van der Waals surface area contributed by atoms with Gasteiger partial charge in [-0.1, -0.05) is 54.6 Å². The minimum absolute atomic E-state index is 0.113. The van der Waals surface area contributed by atoms with Gasteiger partial charge in [-0.2, -0.15) is 0 Å². The van der Waals surface area contributed by atoms with Crippen molar-refractivity contribution in [1.29, 1.82) is 0 Å². The zero-order chi connectivity index (χ0) is 20.8. The van der Waals surface area contributed by atoms with Crippen LogP contribution >= 0.6 is 0 Å². The third-order valence-corrected chi connectivity index (χ3v) is 5.47. The summed E-state index contributed by atoms with van der Waals surface area (Å²) in [5.41, 5.74) is 3.32. The van der Waals surface area contributed by atoms with Crippen LogP contribution < -0.4 is 5.32 Å². The summed E-state index contributed by atoms with van der Waals surface area (Å²) in [6.45, 7) is 2.05. The number of ether oxygens (including phenoxy) is 1. The Hall–Kier alpha value is -2.86. The van der Waals surface area contributed by atoms with Crippen LogP contribution in [0.5, 0.6) is 0 Å². The van der Waals surface area contributed by atoms with Crippen LogP contribution in [0.4, 0.5) is 4.79 Å². The Morgan fingerprint density at radius 3 is 2.59 bits per heavy atom. The molecule has 1 aliphatic rings. The smallest absolute Gasteiger partial charge is 0.407 e. The zero-order valence-corrected chi connectivity index (χ0v) is 16.9. The Morgan fingerprint density at radius 2 is 1.86 bits per heavy atom. The van der Waals surface area contributed by atoms with Crippen LogP contribution in [0.15, 0.2) is 54.6 Å². The van der Waals surface area contributed by atoms with Gasteiger partial charge in [0.1, 0.15) is 6.04 Å². The van der Waals surface area contributed by atoms with Crippen molar-refractivity contribution in [2.24, 2.45) is 0 Å². The summed E-state index contributed by atoms with van der Waals surface area (Å²) >= 11 is 0. The van der Waals surface area contributed by atoms with Gasteiger partial charge in [-0.15, -0.1) is 0 Å². The lowest BCUT2D eigenvalue weighted by Crippen LogP contribution is -2.54. The number of likely N-dealkylation sites (N-methyl/N-ethyl adjacent to an activating group) is 1. The van der Waals surface area contributed by atoms with Gasteiger partial charge in [-0.3, -0.25) is 9.69 Å². The van der Waals surface area contributed by atoms with E-state index in [0.717, 1.165) is 35.3 Å². The number of carbonyl (C=O) groups excluding carboxylic acids is 1. The molecule has 1 aliphatic carbocycles. The van der Waals surface area contributed by atoms with E-state index in [1.807, 2.05) is 48.5 Å². The maximum absolute atomic E-state index is 13.1. The molecule has 0 fully saturated rings. The van der Waals surface area contributed by atoms with Gasteiger partial charge in [0.05, 0.1) is 18.8 Å². The van der Waals surface area contributed by atoms with Crippen molar-refractivity contribution in [3.8, 4) is 0 Å². The van der Waals surface area contributed by atoms with Crippen molar-refractivity contribution in [2.45, 2.75) is 51.0 Å². The van der Waals surface area contributed by atoms with E-state index in [2.05, 4.69) is 11.4 Å². The Bertz CT molecular complexity index is 840. The SMILES string of the molecule is CC(OCc1ccccc1)C(C(=O)NC1CCCc2ccccc21)N(C)C(=O)O. The third-order valence-electron chi connectivity index (χ3n) is 5.47. The number of hydrogen-bond acceptors (Lipinski definition) is 3. The van der Waals surface area contributed by atoms with Gasteiger partial charge in [0, 0.05) is 7.05 Å². The normalized spacial score (nSPS) is 17.7. The molecule has 0 bridgehead atoms. The van der Waals surface area contributed by atoms with Gasteiger partial charge >= 0.3 is 6.09 Å². The van der Waals surface area contributed by atoms with E-state index in [9.17, 15) is 14.7 Å². The van der Waals surface area contributed by atoms with Gasteiger partial charge in [-0.25, -0.2) is 4.79 Å². The lowest BCUT2D eigenvalue weighted by Gasteiger charge is -2.33. The Kier molecular flexibility index (Phi) is 6.88. The first-order valence-electron chi connectivity index (χ1n) is 9.97. The predicted molar refractivity (Wildman–Crippen MR) is 111 cm³/mol. The average Bonchev–Trinajstić information content (AvgIpc) is 2.73. The molecule has 3 rings (SSSR count). The van der Waals surface area contributed by atoms with Gasteiger partial charge in [0.2, 0.25) is 5.91 Å². The van der Waals surface area contributed by atoms with Gasteiger partial charge in [0.15, 0.2) is 0 Å². The molecule has 3 unspecified atom stereocenters. The second-order valence-electron chi connectivity index (χ2n) is 7.49. The fraction of sp³-hybridized carbons (Fsp3) is 0.391. The molecule has 2 amide bonds. The van der Waals surface area contributed by atoms with Crippen LogP contribution in [0.1, 0.15) is 42.5 Å². The molecule has 29 heavy (non-hydrogen) atoms. The van der Waals surface area contributed by atoms with Gasteiger partial charge < -0.3 is 15.2 Å². The van der Waals surface area contributed by atoms with E-state index in [-0.39, 0.29) is 11.9 Å². The molecule has 2 aromatic carbocycles. The first kappa shape index (κ1) is 20.9. The van der Waals surface area contributed by atoms with Crippen molar-refractivity contribution in [3.63, 3.8) is 0 Å².